The minimum Gasteiger partial charge on any atom is -0.367 e. The maximum Gasteiger partial charge on any atom is 0.270 e. The van der Waals surface area contributed by atoms with Crippen molar-refractivity contribution in [2.24, 2.45) is 0 Å². The highest BCUT2D eigenvalue weighted by molar-refractivity contribution is 5.92. The molecule has 3 rings (SSSR count). The van der Waals surface area contributed by atoms with Crippen LogP contribution in [0.15, 0.2) is 36.7 Å². The van der Waals surface area contributed by atoms with E-state index in [0.717, 1.165) is 18.4 Å². The first-order valence-electron chi connectivity index (χ1n) is 7.32. The second-order valence-electron chi connectivity index (χ2n) is 5.34. The van der Waals surface area contributed by atoms with Crippen LogP contribution < -0.4 is 10.6 Å². The third kappa shape index (κ3) is 4.00. The maximum absolute atomic E-state index is 12.8. The molecule has 1 aromatic carbocycles. The molecule has 0 radical (unpaired) electrons. The van der Waals surface area contributed by atoms with Gasteiger partial charge < -0.3 is 10.6 Å². The second kappa shape index (κ2) is 6.51. The number of hydrogen-bond acceptors (Lipinski definition) is 4. The van der Waals surface area contributed by atoms with Crippen molar-refractivity contribution in [3.8, 4) is 0 Å². The zero-order valence-electron chi connectivity index (χ0n) is 12.1. The van der Waals surface area contributed by atoms with Crippen molar-refractivity contribution in [1.82, 2.24) is 15.3 Å². The van der Waals surface area contributed by atoms with Crippen LogP contribution in [0.3, 0.4) is 0 Å². The van der Waals surface area contributed by atoms with Gasteiger partial charge in [0, 0.05) is 18.7 Å². The lowest BCUT2D eigenvalue weighted by atomic mass is 10.1. The number of amides is 1. The topological polar surface area (TPSA) is 66.9 Å². The van der Waals surface area contributed by atoms with Gasteiger partial charge in [-0.25, -0.2) is 14.4 Å². The van der Waals surface area contributed by atoms with Crippen molar-refractivity contribution in [3.63, 3.8) is 0 Å². The first-order chi connectivity index (χ1) is 10.7. The van der Waals surface area contributed by atoms with Crippen molar-refractivity contribution in [3.05, 3.63) is 53.7 Å². The minimum absolute atomic E-state index is 0.233. The van der Waals surface area contributed by atoms with Crippen LogP contribution in [0.25, 0.3) is 0 Å². The number of anilines is 1. The summed E-state index contributed by atoms with van der Waals surface area (Å²) in [5.41, 5.74) is 1.32. The fourth-order valence-corrected chi connectivity index (χ4v) is 2.06. The number of nitrogens with one attached hydrogen (secondary N) is 2. The Hall–Kier alpha value is -2.50. The second-order valence-corrected chi connectivity index (χ2v) is 5.34. The van der Waals surface area contributed by atoms with Gasteiger partial charge in [-0.05, 0) is 37.0 Å². The number of hydrogen-bond donors (Lipinski definition) is 2. The SMILES string of the molecule is O=C(NCCc1ccc(F)cc1)c1cc(NC2CC2)ncn1. The summed E-state index contributed by atoms with van der Waals surface area (Å²) in [5, 5.41) is 6.04. The van der Waals surface area contributed by atoms with Gasteiger partial charge in [0.25, 0.3) is 5.91 Å². The molecule has 0 aliphatic heterocycles. The molecule has 22 heavy (non-hydrogen) atoms. The molecule has 1 aromatic heterocycles. The van der Waals surface area contributed by atoms with Gasteiger partial charge in [0.05, 0.1) is 0 Å². The fourth-order valence-electron chi connectivity index (χ4n) is 2.06. The smallest absolute Gasteiger partial charge is 0.270 e. The molecule has 2 N–H and O–H groups in total. The van der Waals surface area contributed by atoms with E-state index in [2.05, 4.69) is 20.6 Å². The molecule has 114 valence electrons. The van der Waals surface area contributed by atoms with E-state index in [1.165, 1.54) is 18.5 Å². The molecule has 2 aromatic rings. The van der Waals surface area contributed by atoms with Gasteiger partial charge in [-0.15, -0.1) is 0 Å². The Morgan fingerprint density at radius 2 is 2.00 bits per heavy atom. The van der Waals surface area contributed by atoms with E-state index in [0.29, 0.717) is 30.5 Å². The molecule has 0 saturated heterocycles. The number of halogens is 1. The van der Waals surface area contributed by atoms with Crippen LogP contribution in [0.5, 0.6) is 0 Å². The molecule has 0 bridgehead atoms. The van der Waals surface area contributed by atoms with Crippen LogP contribution in [0.1, 0.15) is 28.9 Å². The fraction of sp³-hybridized carbons (Fsp3) is 0.312. The zero-order chi connectivity index (χ0) is 15.4. The number of benzene rings is 1. The highest BCUT2D eigenvalue weighted by Gasteiger charge is 2.21. The van der Waals surface area contributed by atoms with Crippen LogP contribution >= 0.6 is 0 Å². The van der Waals surface area contributed by atoms with Crippen LogP contribution in [0.2, 0.25) is 0 Å². The molecule has 6 heteroatoms. The summed E-state index contributed by atoms with van der Waals surface area (Å²) in [6.45, 7) is 0.472. The Balaban J connectivity index is 1.51. The third-order valence-corrected chi connectivity index (χ3v) is 3.44. The van der Waals surface area contributed by atoms with E-state index < -0.39 is 0 Å². The van der Waals surface area contributed by atoms with Crippen molar-refractivity contribution < 1.29 is 9.18 Å². The monoisotopic (exact) mass is 300 g/mol. The molecule has 0 atom stereocenters. The molecule has 1 amide bonds. The van der Waals surface area contributed by atoms with E-state index in [9.17, 15) is 9.18 Å². The zero-order valence-corrected chi connectivity index (χ0v) is 12.1. The lowest BCUT2D eigenvalue weighted by molar-refractivity contribution is 0.0949. The minimum atomic E-state index is -0.260. The van der Waals surface area contributed by atoms with Crippen molar-refractivity contribution >= 4 is 11.7 Å². The summed E-state index contributed by atoms with van der Waals surface area (Å²) >= 11 is 0. The van der Waals surface area contributed by atoms with E-state index in [1.54, 1.807) is 18.2 Å². The summed E-state index contributed by atoms with van der Waals surface area (Å²) in [5.74, 6) is 0.189. The van der Waals surface area contributed by atoms with Gasteiger partial charge in [-0.3, -0.25) is 4.79 Å². The summed E-state index contributed by atoms with van der Waals surface area (Å²) in [6, 6.07) is 8.39. The Labute approximate surface area is 128 Å². The van der Waals surface area contributed by atoms with Gasteiger partial charge in [0.2, 0.25) is 0 Å². The van der Waals surface area contributed by atoms with Crippen LogP contribution in [-0.2, 0) is 6.42 Å². The number of aromatic nitrogens is 2. The lowest BCUT2D eigenvalue weighted by Crippen LogP contribution is -2.26. The molecular formula is C16H17FN4O. The molecule has 0 spiro atoms. The van der Waals surface area contributed by atoms with Gasteiger partial charge in [0.15, 0.2) is 0 Å². The van der Waals surface area contributed by atoms with Gasteiger partial charge >= 0.3 is 0 Å². The molecule has 5 nitrogen and oxygen atoms in total. The van der Waals surface area contributed by atoms with Crippen LogP contribution in [-0.4, -0.2) is 28.5 Å². The average molecular weight is 300 g/mol. The van der Waals surface area contributed by atoms with Crippen molar-refractivity contribution in [2.45, 2.75) is 25.3 Å². The van der Waals surface area contributed by atoms with Gasteiger partial charge in [-0.2, -0.15) is 0 Å². The molecule has 1 saturated carbocycles. The van der Waals surface area contributed by atoms with Crippen LogP contribution in [0, 0.1) is 5.82 Å². The van der Waals surface area contributed by atoms with Crippen molar-refractivity contribution in [2.75, 3.05) is 11.9 Å². The number of carbonyl (C=O) groups is 1. The largest absolute Gasteiger partial charge is 0.367 e. The Bertz CT molecular complexity index is 655. The summed E-state index contributed by atoms with van der Waals surface area (Å²) in [7, 11) is 0. The van der Waals surface area contributed by atoms with E-state index >= 15 is 0 Å². The molecule has 1 heterocycles. The molecule has 1 aliphatic rings. The average Bonchev–Trinajstić information content (AvgIpc) is 3.33. The Morgan fingerprint density at radius 3 is 2.73 bits per heavy atom. The van der Waals surface area contributed by atoms with Crippen molar-refractivity contribution in [1.29, 1.82) is 0 Å². The molecule has 1 fully saturated rings. The van der Waals surface area contributed by atoms with Gasteiger partial charge in [-0.1, -0.05) is 12.1 Å². The standard InChI is InChI=1S/C16H17FN4O/c17-12-3-1-11(2-4-12)7-8-18-16(22)14-9-15(20-10-19-14)21-13-5-6-13/h1-4,9-10,13H,5-8H2,(H,18,22)(H,19,20,21). The normalized spacial score (nSPS) is 13.7. The summed E-state index contributed by atoms with van der Waals surface area (Å²) < 4.78 is 12.8. The van der Waals surface area contributed by atoms with E-state index in [-0.39, 0.29) is 11.7 Å². The Morgan fingerprint density at radius 1 is 1.23 bits per heavy atom. The third-order valence-electron chi connectivity index (χ3n) is 3.44. The number of rotatable bonds is 6. The van der Waals surface area contributed by atoms with E-state index in [1.807, 2.05) is 0 Å². The predicted molar refractivity (Wildman–Crippen MR) is 81.1 cm³/mol. The molecule has 0 unspecified atom stereocenters. The maximum atomic E-state index is 12.8. The highest BCUT2D eigenvalue weighted by atomic mass is 19.1. The van der Waals surface area contributed by atoms with Gasteiger partial charge in [0.1, 0.15) is 23.7 Å². The number of carbonyl (C=O) groups excluding carboxylic acids is 1. The summed E-state index contributed by atoms with van der Waals surface area (Å²) in [6.07, 6.45) is 4.32. The predicted octanol–water partition coefficient (Wildman–Crippen LogP) is 2.16. The summed E-state index contributed by atoms with van der Waals surface area (Å²) in [4.78, 5) is 20.1. The highest BCUT2D eigenvalue weighted by Crippen LogP contribution is 2.23. The Kier molecular flexibility index (Phi) is 4.27. The molecular weight excluding hydrogens is 283 g/mol. The van der Waals surface area contributed by atoms with Crippen LogP contribution in [0.4, 0.5) is 10.2 Å². The van der Waals surface area contributed by atoms with E-state index in [4.69, 9.17) is 0 Å². The first kappa shape index (κ1) is 14.4. The first-order valence-corrected chi connectivity index (χ1v) is 7.32. The number of nitrogens with zero attached hydrogens (tertiary/aromatic N) is 2. The lowest BCUT2D eigenvalue weighted by Gasteiger charge is -2.07. The molecule has 1 aliphatic carbocycles. The quantitative estimate of drug-likeness (QED) is 0.858.